The molecule has 1 aromatic heterocycles. The molecule has 0 unspecified atom stereocenters. The van der Waals surface area contributed by atoms with Gasteiger partial charge in [0.1, 0.15) is 17.1 Å². The van der Waals surface area contributed by atoms with E-state index in [9.17, 15) is 0 Å². The lowest BCUT2D eigenvalue weighted by Crippen LogP contribution is -2.17. The van der Waals surface area contributed by atoms with Gasteiger partial charge in [-0.3, -0.25) is 0 Å². The fraction of sp³-hybridized carbons (Fsp3) is 0.667. The number of aromatic nitrogens is 2. The minimum atomic E-state index is -0.00512. The lowest BCUT2D eigenvalue weighted by Gasteiger charge is -2.21. The average molecular weight is 319 g/mol. The zero-order valence-electron chi connectivity index (χ0n) is 10.8. The Kier molecular flexibility index (Phi) is 5.28. The summed E-state index contributed by atoms with van der Waals surface area (Å²) in [6.45, 7) is 9.70. The second-order valence-electron chi connectivity index (χ2n) is 4.98. The Labute approximate surface area is 116 Å². The van der Waals surface area contributed by atoms with E-state index in [0.29, 0.717) is 11.2 Å². The number of H-pyrrole nitrogens is 1. The summed E-state index contributed by atoms with van der Waals surface area (Å²) in [7, 11) is 0. The summed E-state index contributed by atoms with van der Waals surface area (Å²) >= 11 is 8.74. The lowest BCUT2D eigenvalue weighted by molar-refractivity contribution is 0.115. The van der Waals surface area contributed by atoms with E-state index in [1.165, 1.54) is 0 Å². The molecular weight excluding hydrogens is 300 g/mol. The summed E-state index contributed by atoms with van der Waals surface area (Å²) in [6, 6.07) is 0. The molecule has 0 fully saturated rings. The molecular formula is C12H19BrN2OS. The molecule has 0 aliphatic rings. The van der Waals surface area contributed by atoms with Crippen LogP contribution in [0.1, 0.15) is 45.6 Å². The molecule has 0 radical (unpaired) electrons. The number of hydrogen-bond donors (Lipinski definition) is 1. The zero-order valence-corrected chi connectivity index (χ0v) is 13.2. The molecule has 0 atom stereocenters. The van der Waals surface area contributed by atoms with E-state index in [1.807, 2.05) is 0 Å². The Hall–Kier alpha value is -0.260. The van der Waals surface area contributed by atoms with Crippen LogP contribution in [0.5, 0.6) is 0 Å². The molecule has 0 saturated carbocycles. The van der Waals surface area contributed by atoms with Crippen molar-refractivity contribution in [3.8, 4) is 0 Å². The van der Waals surface area contributed by atoms with E-state index in [0.717, 1.165) is 29.0 Å². The van der Waals surface area contributed by atoms with Crippen molar-refractivity contribution in [1.82, 2.24) is 9.97 Å². The highest BCUT2D eigenvalue weighted by atomic mass is 79.9. The molecule has 17 heavy (non-hydrogen) atoms. The first-order chi connectivity index (χ1) is 7.86. The molecule has 1 heterocycles. The largest absolute Gasteiger partial charge is 0.374 e. The molecule has 0 spiro atoms. The molecule has 96 valence electrons. The molecule has 0 aromatic carbocycles. The number of halogens is 1. The monoisotopic (exact) mass is 318 g/mol. The van der Waals surface area contributed by atoms with Crippen molar-refractivity contribution in [1.29, 1.82) is 0 Å². The summed E-state index contributed by atoms with van der Waals surface area (Å²) in [5.74, 6) is 0.788. The van der Waals surface area contributed by atoms with Gasteiger partial charge in [-0.1, -0.05) is 39.9 Å². The first-order valence-corrected chi connectivity index (χ1v) is 6.93. The Morgan fingerprint density at radius 3 is 2.59 bits per heavy atom. The SMILES string of the molecule is CCCOCc1nc(=S)c(Br)c(C(C)(C)C)[nH]1. The predicted molar refractivity (Wildman–Crippen MR) is 75.8 cm³/mol. The molecule has 0 amide bonds. The van der Waals surface area contributed by atoms with Crippen molar-refractivity contribution >= 4 is 28.1 Å². The van der Waals surface area contributed by atoms with Crippen LogP contribution < -0.4 is 0 Å². The second kappa shape index (κ2) is 6.07. The van der Waals surface area contributed by atoms with Crippen molar-refractivity contribution in [2.45, 2.75) is 46.1 Å². The number of hydrogen-bond acceptors (Lipinski definition) is 3. The van der Waals surface area contributed by atoms with Gasteiger partial charge in [0, 0.05) is 17.7 Å². The minimum Gasteiger partial charge on any atom is -0.374 e. The highest BCUT2D eigenvalue weighted by Crippen LogP contribution is 2.28. The van der Waals surface area contributed by atoms with E-state index in [-0.39, 0.29) is 5.41 Å². The van der Waals surface area contributed by atoms with Crippen LogP contribution in [0.15, 0.2) is 4.47 Å². The fourth-order valence-electron chi connectivity index (χ4n) is 1.40. The molecule has 0 bridgehead atoms. The van der Waals surface area contributed by atoms with Crippen LogP contribution in [-0.2, 0) is 16.8 Å². The van der Waals surface area contributed by atoms with Gasteiger partial charge in [-0.05, 0) is 22.4 Å². The van der Waals surface area contributed by atoms with Crippen molar-refractivity contribution < 1.29 is 4.74 Å². The summed E-state index contributed by atoms with van der Waals surface area (Å²) in [5.41, 5.74) is 1.06. The van der Waals surface area contributed by atoms with Gasteiger partial charge < -0.3 is 9.72 Å². The van der Waals surface area contributed by atoms with Crippen LogP contribution in [0.4, 0.5) is 0 Å². The predicted octanol–water partition coefficient (Wildman–Crippen LogP) is 4.13. The average Bonchev–Trinajstić information content (AvgIpc) is 2.21. The van der Waals surface area contributed by atoms with Crippen molar-refractivity contribution in [3.05, 3.63) is 20.6 Å². The molecule has 1 rings (SSSR count). The molecule has 5 heteroatoms. The summed E-state index contributed by atoms with van der Waals surface area (Å²) in [5, 5.41) is 0. The van der Waals surface area contributed by atoms with Crippen LogP contribution in [0.25, 0.3) is 0 Å². The lowest BCUT2D eigenvalue weighted by atomic mass is 9.92. The van der Waals surface area contributed by atoms with Gasteiger partial charge in [0.25, 0.3) is 0 Å². The van der Waals surface area contributed by atoms with Crippen LogP contribution in [0.2, 0.25) is 0 Å². The highest BCUT2D eigenvalue weighted by Gasteiger charge is 2.19. The smallest absolute Gasteiger partial charge is 0.144 e. The minimum absolute atomic E-state index is 0.00512. The topological polar surface area (TPSA) is 37.9 Å². The first kappa shape index (κ1) is 14.8. The fourth-order valence-corrected chi connectivity index (χ4v) is 2.40. The third-order valence-corrected chi connectivity index (χ3v) is 3.58. The van der Waals surface area contributed by atoms with E-state index >= 15 is 0 Å². The van der Waals surface area contributed by atoms with Crippen molar-refractivity contribution in [2.24, 2.45) is 0 Å². The van der Waals surface area contributed by atoms with E-state index < -0.39 is 0 Å². The van der Waals surface area contributed by atoms with E-state index in [2.05, 4.69) is 53.6 Å². The number of nitrogens with zero attached hydrogens (tertiary/aromatic N) is 1. The van der Waals surface area contributed by atoms with Crippen molar-refractivity contribution in [2.75, 3.05) is 6.61 Å². The Morgan fingerprint density at radius 2 is 2.06 bits per heavy atom. The Bertz CT molecular complexity index is 437. The molecule has 0 aliphatic heterocycles. The van der Waals surface area contributed by atoms with E-state index in [4.69, 9.17) is 17.0 Å². The van der Waals surface area contributed by atoms with Gasteiger partial charge in [-0.2, -0.15) is 0 Å². The molecule has 0 aliphatic carbocycles. The third kappa shape index (κ3) is 4.16. The molecule has 3 nitrogen and oxygen atoms in total. The number of nitrogens with one attached hydrogen (secondary N) is 1. The second-order valence-corrected chi connectivity index (χ2v) is 6.16. The van der Waals surface area contributed by atoms with Crippen LogP contribution >= 0.6 is 28.1 Å². The maximum Gasteiger partial charge on any atom is 0.144 e. The maximum absolute atomic E-state index is 5.48. The van der Waals surface area contributed by atoms with Crippen LogP contribution in [0.3, 0.4) is 0 Å². The molecule has 0 saturated heterocycles. The standard InChI is InChI=1S/C12H19BrN2OS/c1-5-6-16-7-8-14-10(12(2,3)4)9(13)11(17)15-8/h5-7H2,1-4H3,(H,14,15,17). The maximum atomic E-state index is 5.48. The summed E-state index contributed by atoms with van der Waals surface area (Å²) < 4.78 is 6.94. The zero-order chi connectivity index (χ0) is 13.1. The van der Waals surface area contributed by atoms with Gasteiger partial charge in [0.2, 0.25) is 0 Å². The van der Waals surface area contributed by atoms with Crippen LogP contribution in [0, 0.1) is 4.64 Å². The summed E-state index contributed by atoms with van der Waals surface area (Å²) in [4.78, 5) is 7.61. The molecule has 1 aromatic rings. The van der Waals surface area contributed by atoms with Gasteiger partial charge in [-0.15, -0.1) is 0 Å². The van der Waals surface area contributed by atoms with Gasteiger partial charge >= 0.3 is 0 Å². The van der Waals surface area contributed by atoms with Gasteiger partial charge in [-0.25, -0.2) is 4.98 Å². The van der Waals surface area contributed by atoms with Crippen molar-refractivity contribution in [3.63, 3.8) is 0 Å². The van der Waals surface area contributed by atoms with Crippen LogP contribution in [-0.4, -0.2) is 16.6 Å². The molecule has 1 N–H and O–H groups in total. The highest BCUT2D eigenvalue weighted by molar-refractivity contribution is 9.10. The van der Waals surface area contributed by atoms with Gasteiger partial charge in [0.05, 0.1) is 4.47 Å². The summed E-state index contributed by atoms with van der Waals surface area (Å²) in [6.07, 6.45) is 1.00. The van der Waals surface area contributed by atoms with E-state index in [1.54, 1.807) is 0 Å². The Morgan fingerprint density at radius 1 is 1.41 bits per heavy atom. The Balaban J connectivity index is 3.03. The number of rotatable bonds is 4. The third-order valence-electron chi connectivity index (χ3n) is 2.25. The quantitative estimate of drug-likeness (QED) is 0.670. The normalized spacial score (nSPS) is 11.8. The first-order valence-electron chi connectivity index (χ1n) is 5.73. The number of ether oxygens (including phenoxy) is 1. The number of aromatic amines is 1. The van der Waals surface area contributed by atoms with Gasteiger partial charge in [0.15, 0.2) is 0 Å².